The highest BCUT2D eigenvalue weighted by Gasteiger charge is 2.34. The van der Waals surface area contributed by atoms with Crippen LogP contribution in [0, 0.1) is 0 Å². The van der Waals surface area contributed by atoms with Gasteiger partial charge in [0.25, 0.3) is 0 Å². The molecule has 50 heavy (non-hydrogen) atoms. The zero-order valence-electron chi connectivity index (χ0n) is 33.2. The fraction of sp³-hybridized carbons (Fsp3) is 0.646. The van der Waals surface area contributed by atoms with Crippen LogP contribution in [0.3, 0.4) is 0 Å². The fourth-order valence-corrected chi connectivity index (χ4v) is 7.59. The lowest BCUT2D eigenvalue weighted by Gasteiger charge is -2.09. The van der Waals surface area contributed by atoms with Gasteiger partial charge >= 0.3 is 0 Å². The number of aryl methyl sites for hydroxylation is 2. The summed E-state index contributed by atoms with van der Waals surface area (Å²) in [5.41, 5.74) is 10.0. The zero-order chi connectivity index (χ0) is 35.7. The Hall–Kier alpha value is -2.61. The summed E-state index contributed by atoms with van der Waals surface area (Å²) in [6, 6.07) is 18.3. The van der Waals surface area contributed by atoms with Gasteiger partial charge < -0.3 is 5.84 Å². The summed E-state index contributed by atoms with van der Waals surface area (Å²) in [5, 5.41) is 0. The van der Waals surface area contributed by atoms with Gasteiger partial charge in [0.1, 0.15) is 0 Å². The highest BCUT2D eigenvalue weighted by molar-refractivity contribution is 6.16. The fourth-order valence-electron chi connectivity index (χ4n) is 7.59. The molecule has 278 valence electrons. The van der Waals surface area contributed by atoms with Gasteiger partial charge in [-0.2, -0.15) is 0 Å². The van der Waals surface area contributed by atoms with Crippen molar-refractivity contribution in [3.8, 4) is 0 Å². The maximum Gasteiger partial charge on any atom is 0.215 e. The van der Waals surface area contributed by atoms with Crippen molar-refractivity contribution in [3.05, 3.63) is 93.8 Å². The summed E-state index contributed by atoms with van der Waals surface area (Å²) in [6.07, 6.45) is 38.0. The van der Waals surface area contributed by atoms with E-state index in [-0.39, 0.29) is 0 Å². The van der Waals surface area contributed by atoms with Gasteiger partial charge in [0.15, 0.2) is 0 Å². The van der Waals surface area contributed by atoms with Crippen LogP contribution in [-0.4, -0.2) is 10.4 Å². The van der Waals surface area contributed by atoms with Crippen LogP contribution in [0.15, 0.2) is 65.8 Å². The topological polar surface area (TPSA) is 26.8 Å². The van der Waals surface area contributed by atoms with Crippen LogP contribution in [0.2, 0.25) is 0 Å². The number of nitrogens with one attached hydrogen (secondary N) is 1. The molecule has 0 saturated heterocycles. The first-order chi connectivity index (χ1) is 24.6. The molecule has 2 aromatic carbocycles. The maximum absolute atomic E-state index is 9.56. The van der Waals surface area contributed by atoms with Crippen LogP contribution < -0.4 is 0 Å². The van der Waals surface area contributed by atoms with Crippen molar-refractivity contribution in [3.63, 3.8) is 0 Å². The van der Waals surface area contributed by atoms with E-state index >= 15 is 0 Å². The molecule has 0 amide bonds. The second kappa shape index (κ2) is 26.2. The number of rotatable bonds is 29. The molecule has 1 heterocycles. The van der Waals surface area contributed by atoms with Crippen molar-refractivity contribution in [2.24, 2.45) is 0 Å². The minimum Gasteiger partial charge on any atom is -0.448 e. The Kier molecular flexibility index (Phi) is 21.9. The van der Waals surface area contributed by atoms with Crippen molar-refractivity contribution in [1.29, 1.82) is 0 Å². The van der Waals surface area contributed by atoms with E-state index in [9.17, 15) is 5.84 Å². The van der Waals surface area contributed by atoms with E-state index in [2.05, 4.69) is 82.3 Å². The number of allylic oxidation sites excluding steroid dienone is 3. The Balaban J connectivity index is 1.57. The molecule has 1 aliphatic heterocycles. The SMILES string of the molecule is CCCCCCCCCCCCCCCCCCCC=C1C(CCCC)=C(c2ccc(CCCC)cc2)[N+]([NH-])=C1c1ccc(CCCC)cc1. The molecule has 0 bridgehead atoms. The van der Waals surface area contributed by atoms with Crippen LogP contribution in [0.5, 0.6) is 0 Å². The summed E-state index contributed by atoms with van der Waals surface area (Å²) in [7, 11) is 0. The average molecular weight is 681 g/mol. The Labute approximate surface area is 310 Å². The number of unbranched alkanes of at least 4 members (excludes halogenated alkanes) is 20. The van der Waals surface area contributed by atoms with Crippen LogP contribution >= 0.6 is 0 Å². The molecular formula is C48H76N2. The minimum atomic E-state index is 1.03. The normalized spacial score (nSPS) is 14.1. The molecule has 0 radical (unpaired) electrons. The van der Waals surface area contributed by atoms with Gasteiger partial charge in [-0.15, -0.1) is 0 Å². The van der Waals surface area contributed by atoms with Crippen LogP contribution in [0.4, 0.5) is 0 Å². The Morgan fingerprint density at radius 3 is 1.26 bits per heavy atom. The van der Waals surface area contributed by atoms with Crippen LogP contribution in [0.1, 0.15) is 210 Å². The molecule has 3 rings (SSSR count). The summed E-state index contributed by atoms with van der Waals surface area (Å²) in [4.78, 5) is 0. The standard InChI is InChI=1S/C48H76N2/c1-5-9-13-14-15-16-17-18-19-20-21-22-23-24-25-26-27-28-32-46-45(31-12-8-4)47(43-37-33-41(34-38-43)29-10-6-2)50(49)48(46)44-39-35-42(36-40-44)30-11-7-3/h32-40,49H,5-31H2,1-4H3. The number of nitrogens with zero attached hydrogens (tertiary/aromatic N) is 1. The van der Waals surface area contributed by atoms with Gasteiger partial charge in [0, 0.05) is 16.7 Å². The van der Waals surface area contributed by atoms with E-state index in [4.69, 9.17) is 0 Å². The molecule has 0 atom stereocenters. The summed E-state index contributed by atoms with van der Waals surface area (Å²) in [6.45, 7) is 9.12. The molecule has 2 nitrogen and oxygen atoms in total. The van der Waals surface area contributed by atoms with Gasteiger partial charge in [-0.05, 0) is 86.8 Å². The van der Waals surface area contributed by atoms with Crippen molar-refractivity contribution in [2.75, 3.05) is 0 Å². The molecule has 1 N–H and O–H groups in total. The van der Waals surface area contributed by atoms with Crippen molar-refractivity contribution in [1.82, 2.24) is 0 Å². The average Bonchev–Trinajstić information content (AvgIpc) is 3.42. The summed E-state index contributed by atoms with van der Waals surface area (Å²) >= 11 is 0. The predicted molar refractivity (Wildman–Crippen MR) is 222 cm³/mol. The summed E-state index contributed by atoms with van der Waals surface area (Å²) < 4.78 is 1.79. The lowest BCUT2D eigenvalue weighted by molar-refractivity contribution is -0.347. The molecule has 0 spiro atoms. The minimum absolute atomic E-state index is 1.03. The first-order valence-corrected chi connectivity index (χ1v) is 21.6. The van der Waals surface area contributed by atoms with E-state index in [1.165, 1.54) is 175 Å². The molecule has 2 heteroatoms. The highest BCUT2D eigenvalue weighted by atomic mass is 15.3. The molecule has 0 fully saturated rings. The third-order valence-electron chi connectivity index (χ3n) is 10.8. The lowest BCUT2D eigenvalue weighted by atomic mass is 9.91. The van der Waals surface area contributed by atoms with Crippen molar-refractivity contribution >= 4 is 11.4 Å². The second-order valence-corrected chi connectivity index (χ2v) is 15.3. The van der Waals surface area contributed by atoms with Crippen molar-refractivity contribution in [2.45, 2.75) is 201 Å². The maximum atomic E-state index is 9.56. The van der Waals surface area contributed by atoms with E-state index in [1.807, 2.05) is 0 Å². The third-order valence-corrected chi connectivity index (χ3v) is 10.8. The molecular weight excluding hydrogens is 605 g/mol. The van der Waals surface area contributed by atoms with Gasteiger partial charge in [-0.3, -0.25) is 0 Å². The van der Waals surface area contributed by atoms with Crippen molar-refractivity contribution < 1.29 is 4.68 Å². The third kappa shape index (κ3) is 14.9. The van der Waals surface area contributed by atoms with Gasteiger partial charge in [-0.25, -0.2) is 4.68 Å². The molecule has 0 aliphatic carbocycles. The van der Waals surface area contributed by atoms with E-state index in [0.717, 1.165) is 43.5 Å². The largest absolute Gasteiger partial charge is 0.448 e. The van der Waals surface area contributed by atoms with Gasteiger partial charge in [0.05, 0.1) is 5.57 Å². The Morgan fingerprint density at radius 1 is 0.440 bits per heavy atom. The van der Waals surface area contributed by atoms with E-state index in [0.29, 0.717) is 0 Å². The predicted octanol–water partition coefficient (Wildman–Crippen LogP) is 15.7. The number of hydrogen-bond acceptors (Lipinski definition) is 0. The smallest absolute Gasteiger partial charge is 0.215 e. The Morgan fingerprint density at radius 2 is 0.820 bits per heavy atom. The molecule has 1 aliphatic rings. The summed E-state index contributed by atoms with van der Waals surface area (Å²) in [5.74, 6) is 9.56. The quantitative estimate of drug-likeness (QED) is 0.0604. The number of hydrogen-bond donors (Lipinski definition) is 0. The molecule has 0 saturated carbocycles. The molecule has 2 aromatic rings. The van der Waals surface area contributed by atoms with E-state index in [1.54, 1.807) is 4.68 Å². The van der Waals surface area contributed by atoms with Crippen LogP contribution in [0.25, 0.3) is 11.5 Å². The van der Waals surface area contributed by atoms with Gasteiger partial charge in [-0.1, -0.05) is 180 Å². The monoisotopic (exact) mass is 681 g/mol. The second-order valence-electron chi connectivity index (χ2n) is 15.3. The first kappa shape index (κ1) is 41.8. The Bertz CT molecular complexity index is 1260. The molecule has 0 aromatic heterocycles. The first-order valence-electron chi connectivity index (χ1n) is 21.6. The zero-order valence-corrected chi connectivity index (χ0v) is 33.2. The lowest BCUT2D eigenvalue weighted by Crippen LogP contribution is -2.11. The number of benzene rings is 2. The molecule has 0 unspecified atom stereocenters. The van der Waals surface area contributed by atoms with Gasteiger partial charge in [0.2, 0.25) is 11.4 Å². The van der Waals surface area contributed by atoms with E-state index < -0.39 is 0 Å². The highest BCUT2D eigenvalue weighted by Crippen LogP contribution is 2.38. The van der Waals surface area contributed by atoms with Crippen LogP contribution in [-0.2, 0) is 12.8 Å².